The van der Waals surface area contributed by atoms with E-state index >= 15 is 0 Å². The summed E-state index contributed by atoms with van der Waals surface area (Å²) in [7, 11) is 1.62. The minimum absolute atomic E-state index is 0.194. The Hall–Kier alpha value is -3.42. The van der Waals surface area contributed by atoms with Gasteiger partial charge in [0.1, 0.15) is 17.1 Å². The molecule has 0 spiro atoms. The topological polar surface area (TPSA) is 97.2 Å². The highest BCUT2D eigenvalue weighted by molar-refractivity contribution is 5.97. The molecule has 4 heterocycles. The van der Waals surface area contributed by atoms with E-state index in [9.17, 15) is 4.79 Å². The number of fused-ring (bicyclic) bond motifs is 2. The average Bonchev–Trinajstić information content (AvgIpc) is 3.39. The van der Waals surface area contributed by atoms with E-state index in [0.29, 0.717) is 17.6 Å². The van der Waals surface area contributed by atoms with Crippen molar-refractivity contribution in [1.29, 1.82) is 0 Å². The van der Waals surface area contributed by atoms with Crippen molar-refractivity contribution in [2.45, 2.75) is 38.6 Å². The van der Waals surface area contributed by atoms with Gasteiger partial charge in [-0.25, -0.2) is 4.98 Å². The molecule has 1 saturated carbocycles. The second-order valence-corrected chi connectivity index (χ2v) is 7.90. The zero-order valence-corrected chi connectivity index (χ0v) is 17.1. The van der Waals surface area contributed by atoms with Crippen molar-refractivity contribution in [1.82, 2.24) is 24.3 Å². The Kier molecular flexibility index (Phi) is 4.61. The first-order valence-electron chi connectivity index (χ1n) is 10.3. The van der Waals surface area contributed by atoms with Gasteiger partial charge in [0.25, 0.3) is 0 Å². The van der Waals surface area contributed by atoms with Crippen LogP contribution in [0.25, 0.3) is 27.8 Å². The molecular formula is C22H24N6O2. The fraction of sp³-hybridized carbons (Fsp3) is 0.364. The maximum Gasteiger partial charge on any atom is 0.228 e. The lowest BCUT2D eigenvalue weighted by Gasteiger charge is -2.27. The molecule has 0 atom stereocenters. The minimum Gasteiger partial charge on any atom is -0.480 e. The number of Topliss-reactive ketones (excluding diaryl/α,β-unsaturated/α-hetero) is 1. The zero-order chi connectivity index (χ0) is 20.7. The molecule has 0 unspecified atom stereocenters. The molecule has 154 valence electrons. The van der Waals surface area contributed by atoms with Crippen LogP contribution in [0, 0.1) is 5.92 Å². The molecule has 0 amide bonds. The third-order valence-electron chi connectivity index (χ3n) is 6.03. The Bertz CT molecular complexity index is 1220. The summed E-state index contributed by atoms with van der Waals surface area (Å²) in [6.45, 7) is 1.69. The van der Waals surface area contributed by atoms with Gasteiger partial charge in [-0.3, -0.25) is 4.79 Å². The molecule has 5 rings (SSSR count). The van der Waals surface area contributed by atoms with E-state index in [4.69, 9.17) is 4.74 Å². The highest BCUT2D eigenvalue weighted by Crippen LogP contribution is 2.35. The van der Waals surface area contributed by atoms with Crippen molar-refractivity contribution in [3.8, 4) is 17.0 Å². The average molecular weight is 404 g/mol. The van der Waals surface area contributed by atoms with E-state index in [1.54, 1.807) is 20.2 Å². The Labute approximate surface area is 173 Å². The standard InChI is InChI=1S/C22H24N6O2/c1-13(29)14-3-6-16(7-4-14)25-22-26-20-19(21(27-22)30-2)17(11-24-20)15-5-8-18-23-9-10-28(18)12-15/h5,8-12,14,16H,3-4,6-7H2,1-2H3,(H2,24,25,26,27). The summed E-state index contributed by atoms with van der Waals surface area (Å²) >= 11 is 0. The number of rotatable bonds is 5. The van der Waals surface area contributed by atoms with Crippen LogP contribution >= 0.6 is 0 Å². The molecule has 0 bridgehead atoms. The van der Waals surface area contributed by atoms with Crippen LogP contribution in [0.15, 0.2) is 36.9 Å². The van der Waals surface area contributed by atoms with Crippen LogP contribution in [0.3, 0.4) is 0 Å². The smallest absolute Gasteiger partial charge is 0.228 e. The molecule has 4 aromatic heterocycles. The number of aromatic nitrogens is 5. The van der Waals surface area contributed by atoms with E-state index in [1.807, 2.05) is 35.1 Å². The molecule has 4 aromatic rings. The van der Waals surface area contributed by atoms with Gasteiger partial charge in [-0.2, -0.15) is 9.97 Å². The fourth-order valence-electron chi connectivity index (χ4n) is 4.35. The van der Waals surface area contributed by atoms with E-state index in [1.165, 1.54) is 0 Å². The Morgan fingerprint density at radius 3 is 2.83 bits per heavy atom. The van der Waals surface area contributed by atoms with Gasteiger partial charge in [-0.15, -0.1) is 0 Å². The number of ether oxygens (including phenoxy) is 1. The summed E-state index contributed by atoms with van der Waals surface area (Å²) in [5.74, 6) is 1.56. The number of methoxy groups -OCH3 is 1. The zero-order valence-electron chi connectivity index (χ0n) is 17.1. The molecule has 2 N–H and O–H groups in total. The van der Waals surface area contributed by atoms with E-state index < -0.39 is 0 Å². The van der Waals surface area contributed by atoms with Crippen LogP contribution in [0.5, 0.6) is 5.88 Å². The Morgan fingerprint density at radius 1 is 1.23 bits per heavy atom. The number of nitrogens with one attached hydrogen (secondary N) is 2. The second-order valence-electron chi connectivity index (χ2n) is 7.90. The fourth-order valence-corrected chi connectivity index (χ4v) is 4.35. The molecule has 1 aliphatic rings. The van der Waals surface area contributed by atoms with Gasteiger partial charge in [0.2, 0.25) is 11.8 Å². The maximum absolute atomic E-state index is 11.6. The summed E-state index contributed by atoms with van der Waals surface area (Å²) < 4.78 is 7.60. The molecular weight excluding hydrogens is 380 g/mol. The predicted molar refractivity (Wildman–Crippen MR) is 115 cm³/mol. The van der Waals surface area contributed by atoms with Crippen molar-refractivity contribution in [2.75, 3.05) is 12.4 Å². The summed E-state index contributed by atoms with van der Waals surface area (Å²) in [6, 6.07) is 4.28. The number of ketones is 1. The molecule has 8 heteroatoms. The quantitative estimate of drug-likeness (QED) is 0.525. The third kappa shape index (κ3) is 3.28. The largest absolute Gasteiger partial charge is 0.480 e. The highest BCUT2D eigenvalue weighted by atomic mass is 16.5. The monoisotopic (exact) mass is 404 g/mol. The number of anilines is 1. The Morgan fingerprint density at radius 2 is 2.07 bits per heavy atom. The van der Waals surface area contributed by atoms with Crippen molar-refractivity contribution < 1.29 is 9.53 Å². The summed E-state index contributed by atoms with van der Waals surface area (Å²) in [6.07, 6.45) is 11.4. The minimum atomic E-state index is 0.194. The third-order valence-corrected chi connectivity index (χ3v) is 6.03. The van der Waals surface area contributed by atoms with Crippen molar-refractivity contribution in [2.24, 2.45) is 5.92 Å². The number of hydrogen-bond acceptors (Lipinski definition) is 6. The van der Waals surface area contributed by atoms with Crippen LogP contribution in [-0.2, 0) is 4.79 Å². The van der Waals surface area contributed by atoms with E-state index in [-0.39, 0.29) is 12.0 Å². The molecule has 30 heavy (non-hydrogen) atoms. The molecule has 0 aromatic carbocycles. The number of carbonyl (C=O) groups excluding carboxylic acids is 1. The van der Waals surface area contributed by atoms with Crippen molar-refractivity contribution in [3.05, 3.63) is 36.9 Å². The number of hydrogen-bond donors (Lipinski definition) is 2. The van der Waals surface area contributed by atoms with Gasteiger partial charge in [0.15, 0.2) is 0 Å². The molecule has 0 aliphatic heterocycles. The lowest BCUT2D eigenvalue weighted by atomic mass is 9.84. The lowest BCUT2D eigenvalue weighted by molar-refractivity contribution is -0.121. The highest BCUT2D eigenvalue weighted by Gasteiger charge is 2.25. The summed E-state index contributed by atoms with van der Waals surface area (Å²) in [5.41, 5.74) is 3.62. The van der Waals surface area contributed by atoms with Gasteiger partial charge in [0, 0.05) is 47.9 Å². The van der Waals surface area contributed by atoms with Gasteiger partial charge >= 0.3 is 0 Å². The number of H-pyrrole nitrogens is 1. The molecule has 0 saturated heterocycles. The number of imidazole rings is 1. The second kappa shape index (κ2) is 7.44. The number of nitrogens with zero attached hydrogens (tertiary/aromatic N) is 4. The van der Waals surface area contributed by atoms with Crippen LogP contribution in [0.4, 0.5) is 5.95 Å². The van der Waals surface area contributed by atoms with Crippen LogP contribution in [0.1, 0.15) is 32.6 Å². The van der Waals surface area contributed by atoms with Crippen LogP contribution in [0.2, 0.25) is 0 Å². The van der Waals surface area contributed by atoms with Crippen molar-refractivity contribution in [3.63, 3.8) is 0 Å². The predicted octanol–water partition coefficient (Wildman–Crippen LogP) is 3.84. The summed E-state index contributed by atoms with van der Waals surface area (Å²) in [5, 5.41) is 4.28. The van der Waals surface area contributed by atoms with Gasteiger partial charge in [0.05, 0.1) is 12.5 Å². The van der Waals surface area contributed by atoms with Gasteiger partial charge < -0.3 is 19.4 Å². The summed E-state index contributed by atoms with van der Waals surface area (Å²) in [4.78, 5) is 28.5. The molecule has 0 radical (unpaired) electrons. The Balaban J connectivity index is 1.45. The van der Waals surface area contributed by atoms with Crippen LogP contribution < -0.4 is 10.1 Å². The first-order chi connectivity index (χ1) is 14.6. The first-order valence-corrected chi connectivity index (χ1v) is 10.3. The van der Waals surface area contributed by atoms with E-state index in [2.05, 4.69) is 25.3 Å². The number of carbonyl (C=O) groups is 1. The van der Waals surface area contributed by atoms with Gasteiger partial charge in [-0.1, -0.05) is 0 Å². The van der Waals surface area contributed by atoms with E-state index in [0.717, 1.165) is 53.5 Å². The number of pyridine rings is 1. The van der Waals surface area contributed by atoms with Crippen molar-refractivity contribution >= 4 is 28.4 Å². The SMILES string of the molecule is COc1nc(NC2CCC(C(C)=O)CC2)nc2[nH]cc(-c3ccc4nccn4c3)c12. The number of aromatic amines is 1. The molecule has 1 aliphatic carbocycles. The normalized spacial score (nSPS) is 19.3. The molecule has 8 nitrogen and oxygen atoms in total. The molecule has 1 fully saturated rings. The first kappa shape index (κ1) is 18.6. The maximum atomic E-state index is 11.6. The van der Waals surface area contributed by atoms with Gasteiger partial charge in [-0.05, 0) is 44.7 Å². The lowest BCUT2D eigenvalue weighted by Crippen LogP contribution is -2.29. The van der Waals surface area contributed by atoms with Crippen LogP contribution in [-0.4, -0.2) is 43.3 Å².